The van der Waals surface area contributed by atoms with Crippen molar-refractivity contribution in [3.05, 3.63) is 201 Å². The third-order valence-electron chi connectivity index (χ3n) is 12.1. The van der Waals surface area contributed by atoms with Crippen LogP contribution in [0.5, 0.6) is 0 Å². The van der Waals surface area contributed by atoms with Gasteiger partial charge in [0.15, 0.2) is 5.78 Å². The van der Waals surface area contributed by atoms with Gasteiger partial charge in [0.05, 0.1) is 9.79 Å². The molecule has 0 aliphatic heterocycles. The Balaban J connectivity index is 0.926. The van der Waals surface area contributed by atoms with Crippen molar-refractivity contribution in [3.8, 4) is 0 Å². The lowest BCUT2D eigenvalue weighted by atomic mass is 9.66. The van der Waals surface area contributed by atoms with Crippen molar-refractivity contribution in [3.63, 3.8) is 0 Å². The highest BCUT2D eigenvalue weighted by atomic mass is 32.2. The molecule has 6 aromatic carbocycles. The molecule has 0 radical (unpaired) electrons. The minimum absolute atomic E-state index is 0.0192. The SMILES string of the molecule is Cc1ccc(C(=O)c2ccc(CCc3ccc(S(=O)(=O)c4ccc(CCc5ccc(C6CC(C(C)C)CCC6c6ccc(C)cc6)cc5)cc4)cc3)cc2)cc1. The van der Waals surface area contributed by atoms with Gasteiger partial charge in [-0.3, -0.25) is 4.79 Å². The third-order valence-corrected chi connectivity index (χ3v) is 13.9. The van der Waals surface area contributed by atoms with Crippen molar-refractivity contribution in [1.29, 1.82) is 0 Å². The zero-order chi connectivity index (χ0) is 39.2. The van der Waals surface area contributed by atoms with E-state index in [0.717, 1.165) is 53.9 Å². The molecule has 1 fully saturated rings. The third kappa shape index (κ3) is 9.31. The highest BCUT2D eigenvalue weighted by Gasteiger charge is 2.33. The molecule has 0 amide bonds. The number of carbonyl (C=O) groups is 1. The summed E-state index contributed by atoms with van der Waals surface area (Å²) in [4.78, 5) is 13.4. The van der Waals surface area contributed by atoms with Crippen LogP contribution in [0.1, 0.15) is 105 Å². The van der Waals surface area contributed by atoms with Crippen LogP contribution < -0.4 is 0 Å². The molecule has 3 nitrogen and oxygen atoms in total. The highest BCUT2D eigenvalue weighted by Crippen LogP contribution is 2.48. The van der Waals surface area contributed by atoms with Crippen LogP contribution in [0.3, 0.4) is 0 Å². The average Bonchev–Trinajstić information content (AvgIpc) is 3.23. The number of sulfone groups is 1. The predicted molar refractivity (Wildman–Crippen MR) is 229 cm³/mol. The van der Waals surface area contributed by atoms with Crippen LogP contribution >= 0.6 is 0 Å². The van der Waals surface area contributed by atoms with Crippen LogP contribution in [0.4, 0.5) is 0 Å². The molecule has 0 spiro atoms. The van der Waals surface area contributed by atoms with Gasteiger partial charge in [-0.25, -0.2) is 8.42 Å². The molecule has 56 heavy (non-hydrogen) atoms. The van der Waals surface area contributed by atoms with Gasteiger partial charge in [0.25, 0.3) is 0 Å². The van der Waals surface area contributed by atoms with Crippen LogP contribution in [-0.2, 0) is 35.5 Å². The van der Waals surface area contributed by atoms with Gasteiger partial charge >= 0.3 is 0 Å². The summed E-state index contributed by atoms with van der Waals surface area (Å²) < 4.78 is 27.1. The maximum atomic E-state index is 13.5. The lowest BCUT2D eigenvalue weighted by molar-refractivity contribution is 0.103. The summed E-state index contributed by atoms with van der Waals surface area (Å²) in [5, 5.41) is 0. The van der Waals surface area contributed by atoms with E-state index >= 15 is 0 Å². The molecule has 0 bridgehead atoms. The van der Waals surface area contributed by atoms with Crippen molar-refractivity contribution in [2.24, 2.45) is 11.8 Å². The number of aryl methyl sites for hydroxylation is 6. The van der Waals surface area contributed by atoms with Crippen LogP contribution in [0.25, 0.3) is 0 Å². The Bertz CT molecular complexity index is 2320. The number of hydrogen-bond donors (Lipinski definition) is 0. The summed E-state index contributed by atoms with van der Waals surface area (Å²) >= 11 is 0. The second kappa shape index (κ2) is 17.4. The molecule has 3 atom stereocenters. The van der Waals surface area contributed by atoms with Gasteiger partial charge in [-0.05, 0) is 140 Å². The summed E-state index contributed by atoms with van der Waals surface area (Å²) in [7, 11) is -3.63. The zero-order valence-electron chi connectivity index (χ0n) is 33.2. The summed E-state index contributed by atoms with van der Waals surface area (Å²) in [6.07, 6.45) is 7.11. The zero-order valence-corrected chi connectivity index (χ0v) is 34.1. The Hall–Kier alpha value is -5.06. The first kappa shape index (κ1) is 39.2. The van der Waals surface area contributed by atoms with Gasteiger partial charge < -0.3 is 0 Å². The van der Waals surface area contributed by atoms with E-state index in [1.54, 1.807) is 24.3 Å². The summed E-state index contributed by atoms with van der Waals surface area (Å²) in [5.74, 6) is 2.58. The van der Waals surface area contributed by atoms with Gasteiger partial charge in [-0.1, -0.05) is 146 Å². The molecule has 1 saturated carbocycles. The van der Waals surface area contributed by atoms with Crippen LogP contribution in [-0.4, -0.2) is 14.2 Å². The van der Waals surface area contributed by atoms with Crippen molar-refractivity contribution in [2.45, 2.75) is 94.3 Å². The van der Waals surface area contributed by atoms with E-state index < -0.39 is 9.84 Å². The van der Waals surface area contributed by atoms with E-state index in [0.29, 0.717) is 38.7 Å². The molecular formula is C52H54O3S. The lowest BCUT2D eigenvalue weighted by Crippen LogP contribution is -2.25. The highest BCUT2D eigenvalue weighted by molar-refractivity contribution is 7.91. The van der Waals surface area contributed by atoms with E-state index in [4.69, 9.17) is 0 Å². The largest absolute Gasteiger partial charge is 0.289 e. The summed E-state index contributed by atoms with van der Waals surface area (Å²) in [6.45, 7) is 8.92. The minimum Gasteiger partial charge on any atom is -0.289 e. The van der Waals surface area contributed by atoms with Crippen molar-refractivity contribution in [1.82, 2.24) is 0 Å². The first-order chi connectivity index (χ1) is 27.0. The quantitative estimate of drug-likeness (QED) is 0.110. The molecule has 1 aliphatic carbocycles. The van der Waals surface area contributed by atoms with E-state index in [2.05, 4.69) is 69.3 Å². The molecule has 0 heterocycles. The average molecular weight is 759 g/mol. The van der Waals surface area contributed by atoms with E-state index in [1.807, 2.05) is 79.7 Å². The monoisotopic (exact) mass is 758 g/mol. The second-order valence-electron chi connectivity index (χ2n) is 16.4. The Morgan fingerprint density at radius 1 is 0.500 bits per heavy atom. The van der Waals surface area contributed by atoms with Crippen molar-refractivity contribution < 1.29 is 13.2 Å². The predicted octanol–water partition coefficient (Wildman–Crippen LogP) is 12.3. The van der Waals surface area contributed by atoms with Gasteiger partial charge in [0.1, 0.15) is 0 Å². The second-order valence-corrected chi connectivity index (χ2v) is 18.3. The van der Waals surface area contributed by atoms with Gasteiger partial charge in [0, 0.05) is 11.1 Å². The van der Waals surface area contributed by atoms with Crippen LogP contribution in [0.15, 0.2) is 155 Å². The number of benzene rings is 6. The topological polar surface area (TPSA) is 51.2 Å². The molecule has 3 unspecified atom stereocenters. The first-order valence-electron chi connectivity index (χ1n) is 20.3. The molecule has 7 rings (SSSR count). The number of rotatable bonds is 13. The maximum Gasteiger partial charge on any atom is 0.206 e. The summed E-state index contributed by atoms with van der Waals surface area (Å²) in [6, 6.07) is 48.6. The smallest absolute Gasteiger partial charge is 0.206 e. The maximum absolute atomic E-state index is 13.5. The van der Waals surface area contributed by atoms with Gasteiger partial charge in [-0.15, -0.1) is 0 Å². The minimum atomic E-state index is -3.63. The number of ketones is 1. The van der Waals surface area contributed by atoms with Crippen molar-refractivity contribution >= 4 is 15.6 Å². The molecule has 0 aromatic heterocycles. The van der Waals surface area contributed by atoms with E-state index in [-0.39, 0.29) is 5.78 Å². The molecule has 1 aliphatic rings. The Morgan fingerprint density at radius 2 is 0.857 bits per heavy atom. The normalized spacial score (nSPS) is 17.2. The first-order valence-corrected chi connectivity index (χ1v) is 21.8. The van der Waals surface area contributed by atoms with Gasteiger partial charge in [-0.2, -0.15) is 0 Å². The fourth-order valence-electron chi connectivity index (χ4n) is 8.40. The fraction of sp³-hybridized carbons (Fsp3) is 0.288. The van der Waals surface area contributed by atoms with Crippen molar-refractivity contribution in [2.75, 3.05) is 0 Å². The molecule has 0 N–H and O–H groups in total. The molecule has 286 valence electrons. The standard InChI is InChI=1S/C52H54O3S/c1-36(2)47-29-34-50(43-21-5-37(3)6-22-43)51(35-47)44-25-13-39(14-26-44)9-11-41-17-30-48(31-18-41)56(54,55)49-32-19-42(20-33-49)12-10-40-15-27-46(28-16-40)52(53)45-23-7-38(4)8-24-45/h5-8,13-28,30-33,36,47,50-51H,9-12,29,34-35H2,1-4H3. The Labute approximate surface area is 334 Å². The molecule has 4 heteroatoms. The summed E-state index contributed by atoms with van der Waals surface area (Å²) in [5.41, 5.74) is 11.3. The molecule has 6 aromatic rings. The molecular weight excluding hydrogens is 705 g/mol. The number of hydrogen-bond acceptors (Lipinski definition) is 3. The Morgan fingerprint density at radius 3 is 1.30 bits per heavy atom. The van der Waals surface area contributed by atoms with E-state index in [1.165, 1.54) is 41.5 Å². The van der Waals surface area contributed by atoms with E-state index in [9.17, 15) is 13.2 Å². The van der Waals surface area contributed by atoms with Crippen LogP contribution in [0, 0.1) is 25.7 Å². The van der Waals surface area contributed by atoms with Gasteiger partial charge in [0.2, 0.25) is 9.84 Å². The molecule has 0 saturated heterocycles. The Kier molecular flexibility index (Phi) is 12.2. The fourth-order valence-corrected chi connectivity index (χ4v) is 9.66. The van der Waals surface area contributed by atoms with Crippen LogP contribution in [0.2, 0.25) is 0 Å². The lowest BCUT2D eigenvalue weighted by Gasteiger charge is -2.38. The number of carbonyl (C=O) groups excluding carboxylic acids is 1.